The molecule has 1 aliphatic carbocycles. The zero-order valence-corrected chi connectivity index (χ0v) is 11.8. The van der Waals surface area contributed by atoms with Gasteiger partial charge in [-0.1, -0.05) is 11.6 Å². The van der Waals surface area contributed by atoms with Crippen LogP contribution in [0, 0.1) is 0 Å². The van der Waals surface area contributed by atoms with E-state index in [4.69, 9.17) is 23.2 Å². The standard InChI is InChI=1S/C12H15Cl2NOS/c13-7-2-8-15(9-3-1-4-9)12(16)10-5-6-11(14)17-10/h5-6,9H,1-4,7-8H2. The number of carbonyl (C=O) groups excluding carboxylic acids is 1. The minimum atomic E-state index is 0.108. The van der Waals surface area contributed by atoms with Crippen molar-refractivity contribution in [3.8, 4) is 0 Å². The molecular formula is C12H15Cl2NOS. The van der Waals surface area contributed by atoms with Crippen LogP contribution in [0.5, 0.6) is 0 Å². The summed E-state index contributed by atoms with van der Waals surface area (Å²) < 4.78 is 0.666. The van der Waals surface area contributed by atoms with Gasteiger partial charge in [-0.25, -0.2) is 0 Å². The third-order valence-electron chi connectivity index (χ3n) is 3.09. The average molecular weight is 292 g/mol. The van der Waals surface area contributed by atoms with Crippen molar-refractivity contribution in [2.24, 2.45) is 0 Å². The highest BCUT2D eigenvalue weighted by atomic mass is 35.5. The second kappa shape index (κ2) is 6.07. The number of halogens is 2. The molecule has 0 N–H and O–H groups in total. The van der Waals surface area contributed by atoms with Crippen molar-refractivity contribution in [1.82, 2.24) is 4.90 Å². The minimum absolute atomic E-state index is 0.108. The van der Waals surface area contributed by atoms with Crippen molar-refractivity contribution in [3.05, 3.63) is 21.3 Å². The topological polar surface area (TPSA) is 20.3 Å². The number of nitrogens with zero attached hydrogens (tertiary/aromatic N) is 1. The van der Waals surface area contributed by atoms with Crippen LogP contribution in [-0.4, -0.2) is 29.3 Å². The van der Waals surface area contributed by atoms with Gasteiger partial charge in [0.15, 0.2) is 0 Å². The third kappa shape index (κ3) is 3.15. The Kier molecular flexibility index (Phi) is 4.71. The van der Waals surface area contributed by atoms with Crippen molar-refractivity contribution in [1.29, 1.82) is 0 Å². The Bertz CT molecular complexity index is 390. The van der Waals surface area contributed by atoms with E-state index in [2.05, 4.69) is 0 Å². The molecule has 0 atom stereocenters. The van der Waals surface area contributed by atoms with Gasteiger partial charge in [0, 0.05) is 18.5 Å². The maximum atomic E-state index is 12.3. The average Bonchev–Trinajstić information content (AvgIpc) is 2.67. The smallest absolute Gasteiger partial charge is 0.264 e. The number of alkyl halides is 1. The molecule has 1 amide bonds. The first-order valence-corrected chi connectivity index (χ1v) is 7.57. The summed E-state index contributed by atoms with van der Waals surface area (Å²) in [6.45, 7) is 0.752. The van der Waals surface area contributed by atoms with Crippen molar-refractivity contribution in [3.63, 3.8) is 0 Å². The number of thiophene rings is 1. The van der Waals surface area contributed by atoms with Crippen LogP contribution in [0.2, 0.25) is 4.34 Å². The highest BCUT2D eigenvalue weighted by Crippen LogP contribution is 2.29. The molecule has 2 nitrogen and oxygen atoms in total. The van der Waals surface area contributed by atoms with E-state index >= 15 is 0 Å². The number of carbonyl (C=O) groups is 1. The normalized spacial score (nSPS) is 15.6. The lowest BCUT2D eigenvalue weighted by atomic mass is 9.91. The molecule has 0 aliphatic heterocycles. The molecule has 1 heterocycles. The summed E-state index contributed by atoms with van der Waals surface area (Å²) in [6, 6.07) is 3.99. The molecule has 1 aliphatic rings. The summed E-state index contributed by atoms with van der Waals surface area (Å²) >= 11 is 12.9. The lowest BCUT2D eigenvalue weighted by Gasteiger charge is -2.37. The van der Waals surface area contributed by atoms with E-state index in [0.717, 1.165) is 30.7 Å². The molecule has 0 bridgehead atoms. The van der Waals surface area contributed by atoms with Gasteiger partial charge in [0.1, 0.15) is 0 Å². The van der Waals surface area contributed by atoms with Crippen molar-refractivity contribution in [2.45, 2.75) is 31.7 Å². The first kappa shape index (κ1) is 13.2. The van der Waals surface area contributed by atoms with Gasteiger partial charge in [-0.2, -0.15) is 0 Å². The van der Waals surface area contributed by atoms with Gasteiger partial charge in [-0.05, 0) is 37.8 Å². The van der Waals surface area contributed by atoms with Crippen molar-refractivity contribution in [2.75, 3.05) is 12.4 Å². The Labute approximate surface area is 116 Å². The molecule has 5 heteroatoms. The van der Waals surface area contributed by atoms with Crippen molar-refractivity contribution >= 4 is 40.4 Å². The number of hydrogen-bond acceptors (Lipinski definition) is 2. The fourth-order valence-electron chi connectivity index (χ4n) is 1.95. The van der Waals surface area contributed by atoms with Crippen LogP contribution in [0.25, 0.3) is 0 Å². The number of hydrogen-bond donors (Lipinski definition) is 0. The van der Waals surface area contributed by atoms with Gasteiger partial charge in [0.2, 0.25) is 0 Å². The molecule has 94 valence electrons. The first-order valence-electron chi connectivity index (χ1n) is 5.84. The minimum Gasteiger partial charge on any atom is -0.335 e. The van der Waals surface area contributed by atoms with Crippen LogP contribution in [-0.2, 0) is 0 Å². The highest BCUT2D eigenvalue weighted by Gasteiger charge is 2.29. The molecule has 17 heavy (non-hydrogen) atoms. The first-order chi connectivity index (χ1) is 8.22. The predicted molar refractivity (Wildman–Crippen MR) is 73.3 cm³/mol. The van der Waals surface area contributed by atoms with Crippen LogP contribution in [0.4, 0.5) is 0 Å². The zero-order chi connectivity index (χ0) is 12.3. The molecule has 0 radical (unpaired) electrons. The fourth-order valence-corrected chi connectivity index (χ4v) is 3.07. The van der Waals surface area contributed by atoms with Gasteiger partial charge in [-0.15, -0.1) is 22.9 Å². The lowest BCUT2D eigenvalue weighted by molar-refractivity contribution is 0.0586. The fraction of sp³-hybridized carbons (Fsp3) is 0.583. The van der Waals surface area contributed by atoms with Gasteiger partial charge < -0.3 is 4.90 Å². The molecule has 0 spiro atoms. The van der Waals surface area contributed by atoms with Crippen LogP contribution < -0.4 is 0 Å². The maximum Gasteiger partial charge on any atom is 0.264 e. The van der Waals surface area contributed by atoms with Gasteiger partial charge in [-0.3, -0.25) is 4.79 Å². The number of rotatable bonds is 5. The second-order valence-corrected chi connectivity index (χ2v) is 6.32. The molecular weight excluding hydrogens is 277 g/mol. The van der Waals surface area contributed by atoms with E-state index in [1.165, 1.54) is 17.8 Å². The molecule has 0 unspecified atom stereocenters. The Morgan fingerprint density at radius 1 is 1.47 bits per heavy atom. The molecule has 1 fully saturated rings. The molecule has 0 saturated heterocycles. The van der Waals surface area contributed by atoms with Crippen molar-refractivity contribution < 1.29 is 4.79 Å². The predicted octanol–water partition coefficient (Wildman–Crippen LogP) is 4.03. The Morgan fingerprint density at radius 2 is 2.24 bits per heavy atom. The third-order valence-corrected chi connectivity index (χ3v) is 4.58. The SMILES string of the molecule is O=C(c1ccc(Cl)s1)N(CCCCl)C1CCC1. The van der Waals surface area contributed by atoms with Crippen LogP contribution in [0.15, 0.2) is 12.1 Å². The van der Waals surface area contributed by atoms with Gasteiger partial charge in [0.05, 0.1) is 9.21 Å². The molecule has 2 rings (SSSR count). The summed E-state index contributed by atoms with van der Waals surface area (Å²) in [6.07, 6.45) is 4.31. The van der Waals surface area contributed by atoms with E-state index in [1.807, 2.05) is 11.0 Å². The Morgan fingerprint density at radius 3 is 2.71 bits per heavy atom. The largest absolute Gasteiger partial charge is 0.335 e. The summed E-state index contributed by atoms with van der Waals surface area (Å²) in [5.41, 5.74) is 0. The summed E-state index contributed by atoms with van der Waals surface area (Å²) in [5, 5.41) is 0. The Balaban J connectivity index is 2.06. The van der Waals surface area contributed by atoms with E-state index < -0.39 is 0 Å². The van der Waals surface area contributed by atoms with Crippen LogP contribution in [0.1, 0.15) is 35.4 Å². The van der Waals surface area contributed by atoms with E-state index in [1.54, 1.807) is 6.07 Å². The molecule has 1 saturated carbocycles. The highest BCUT2D eigenvalue weighted by molar-refractivity contribution is 7.17. The molecule has 1 aromatic rings. The van der Waals surface area contributed by atoms with Crippen LogP contribution >= 0.6 is 34.5 Å². The summed E-state index contributed by atoms with van der Waals surface area (Å²) in [4.78, 5) is 15.0. The van der Waals surface area contributed by atoms with Crippen LogP contribution in [0.3, 0.4) is 0 Å². The number of amides is 1. The summed E-state index contributed by atoms with van der Waals surface area (Å²) in [5.74, 6) is 0.707. The lowest BCUT2D eigenvalue weighted by Crippen LogP contribution is -2.44. The molecule has 1 aromatic heterocycles. The summed E-state index contributed by atoms with van der Waals surface area (Å²) in [7, 11) is 0. The van der Waals surface area contributed by atoms with E-state index in [9.17, 15) is 4.79 Å². The maximum absolute atomic E-state index is 12.3. The van der Waals surface area contributed by atoms with E-state index in [-0.39, 0.29) is 5.91 Å². The quantitative estimate of drug-likeness (QED) is 0.750. The monoisotopic (exact) mass is 291 g/mol. The van der Waals surface area contributed by atoms with E-state index in [0.29, 0.717) is 16.3 Å². The molecule has 0 aromatic carbocycles. The second-order valence-electron chi connectivity index (χ2n) is 4.23. The Hall–Kier alpha value is -0.250. The zero-order valence-electron chi connectivity index (χ0n) is 9.49. The van der Waals surface area contributed by atoms with Gasteiger partial charge in [0.25, 0.3) is 5.91 Å². The van der Waals surface area contributed by atoms with Gasteiger partial charge >= 0.3 is 0 Å².